The Labute approximate surface area is 135 Å². The number of rotatable bonds is 1. The Morgan fingerprint density at radius 3 is 2.52 bits per heavy atom. The van der Waals surface area contributed by atoms with Gasteiger partial charge in [0.05, 0.1) is 0 Å². The molecule has 2 aromatic rings. The van der Waals surface area contributed by atoms with E-state index in [1.165, 1.54) is 5.56 Å². The molecule has 0 amide bonds. The van der Waals surface area contributed by atoms with Gasteiger partial charge in [-0.2, -0.15) is 5.26 Å². The van der Waals surface area contributed by atoms with Gasteiger partial charge in [0, 0.05) is 11.5 Å². The Morgan fingerprint density at radius 1 is 1.00 bits per heavy atom. The maximum atomic E-state index is 9.59. The van der Waals surface area contributed by atoms with E-state index in [0.29, 0.717) is 5.57 Å². The molecule has 2 N–H and O–H groups in total. The van der Waals surface area contributed by atoms with Crippen LogP contribution in [0, 0.1) is 11.3 Å². The highest BCUT2D eigenvalue weighted by molar-refractivity contribution is 5.74. The summed E-state index contributed by atoms with van der Waals surface area (Å²) in [6.45, 7) is 0. The molecule has 4 rings (SSSR count). The second-order valence-electron chi connectivity index (χ2n) is 5.85. The Morgan fingerprint density at radius 2 is 1.74 bits per heavy atom. The first-order valence-electron chi connectivity index (χ1n) is 7.73. The molecule has 1 heterocycles. The number of hydrogen-bond acceptors (Lipinski definition) is 3. The minimum absolute atomic E-state index is 0.113. The summed E-state index contributed by atoms with van der Waals surface area (Å²) in [5.74, 6) is 0.937. The predicted molar refractivity (Wildman–Crippen MR) is 88.8 cm³/mol. The third kappa shape index (κ3) is 2.11. The monoisotopic (exact) mass is 300 g/mol. The van der Waals surface area contributed by atoms with Crippen molar-refractivity contribution in [1.29, 1.82) is 5.26 Å². The third-order valence-electron chi connectivity index (χ3n) is 4.59. The molecule has 1 atom stereocenters. The van der Waals surface area contributed by atoms with E-state index in [9.17, 15) is 5.26 Å². The summed E-state index contributed by atoms with van der Waals surface area (Å²) in [5, 5.41) is 9.59. The lowest BCUT2D eigenvalue weighted by Crippen LogP contribution is -2.23. The molecule has 1 aliphatic carbocycles. The number of allylic oxidation sites excluding steroid dienone is 2. The highest BCUT2D eigenvalue weighted by Crippen LogP contribution is 2.46. The predicted octanol–water partition coefficient (Wildman–Crippen LogP) is 3.85. The molecule has 23 heavy (non-hydrogen) atoms. The van der Waals surface area contributed by atoms with Gasteiger partial charge in [-0.15, -0.1) is 0 Å². The van der Waals surface area contributed by atoms with E-state index in [-0.39, 0.29) is 11.8 Å². The quantitative estimate of drug-likeness (QED) is 0.870. The minimum atomic E-state index is -0.113. The smallest absolute Gasteiger partial charge is 0.205 e. The number of benzene rings is 2. The van der Waals surface area contributed by atoms with Crippen LogP contribution in [0.5, 0.6) is 0 Å². The molecule has 0 saturated heterocycles. The SMILES string of the molecule is N#CC1=C(N)OC2=C(CCc3ccccc32)[C@H]1c1ccccc1. The molecule has 0 radical (unpaired) electrons. The molecule has 0 spiro atoms. The molecule has 3 nitrogen and oxygen atoms in total. The van der Waals surface area contributed by atoms with Crippen molar-refractivity contribution in [2.45, 2.75) is 18.8 Å². The second kappa shape index (κ2) is 5.33. The largest absolute Gasteiger partial charge is 0.440 e. The fourth-order valence-electron chi connectivity index (χ4n) is 3.53. The van der Waals surface area contributed by atoms with Crippen molar-refractivity contribution >= 4 is 5.76 Å². The van der Waals surface area contributed by atoms with Crippen molar-refractivity contribution in [3.05, 3.63) is 88.3 Å². The van der Waals surface area contributed by atoms with Crippen LogP contribution >= 0.6 is 0 Å². The van der Waals surface area contributed by atoms with Crippen molar-refractivity contribution in [3.63, 3.8) is 0 Å². The molecule has 0 fully saturated rings. The maximum Gasteiger partial charge on any atom is 0.205 e. The van der Waals surface area contributed by atoms with Crippen LogP contribution in [0.2, 0.25) is 0 Å². The van der Waals surface area contributed by atoms with E-state index in [1.54, 1.807) is 0 Å². The highest BCUT2D eigenvalue weighted by atomic mass is 16.5. The molecule has 2 aliphatic rings. The summed E-state index contributed by atoms with van der Waals surface area (Å²) in [7, 11) is 0. The normalized spacial score (nSPS) is 19.5. The van der Waals surface area contributed by atoms with E-state index >= 15 is 0 Å². The Balaban J connectivity index is 1.93. The maximum absolute atomic E-state index is 9.59. The zero-order chi connectivity index (χ0) is 15.8. The standard InChI is InChI=1S/C20H16N2O/c21-12-17-18(14-7-2-1-3-8-14)16-11-10-13-6-4-5-9-15(13)19(16)23-20(17)22/h1-9,18H,10-11,22H2/t18-/m1/s1. The van der Waals surface area contributed by atoms with Crippen molar-refractivity contribution in [3.8, 4) is 6.07 Å². The van der Waals surface area contributed by atoms with Gasteiger partial charge in [-0.1, -0.05) is 54.6 Å². The molecule has 2 aromatic carbocycles. The fraction of sp³-hybridized carbons (Fsp3) is 0.150. The summed E-state index contributed by atoms with van der Waals surface area (Å²) in [5.41, 5.74) is 11.2. The number of ether oxygens (including phenoxy) is 1. The summed E-state index contributed by atoms with van der Waals surface area (Å²) in [6, 6.07) is 20.6. The number of nitriles is 1. The Hall–Kier alpha value is -2.99. The topological polar surface area (TPSA) is 59.0 Å². The van der Waals surface area contributed by atoms with E-state index < -0.39 is 0 Å². The minimum Gasteiger partial charge on any atom is -0.440 e. The van der Waals surface area contributed by atoms with E-state index in [0.717, 1.165) is 35.3 Å². The van der Waals surface area contributed by atoms with Crippen LogP contribution < -0.4 is 5.73 Å². The first kappa shape index (κ1) is 13.7. The number of nitrogens with zero attached hydrogens (tertiary/aromatic N) is 1. The summed E-state index contributed by atoms with van der Waals surface area (Å²) in [6.07, 6.45) is 1.84. The van der Waals surface area contributed by atoms with Crippen molar-refractivity contribution in [1.82, 2.24) is 0 Å². The van der Waals surface area contributed by atoms with E-state index in [4.69, 9.17) is 10.5 Å². The number of fused-ring (bicyclic) bond motifs is 2. The zero-order valence-electron chi connectivity index (χ0n) is 12.6. The van der Waals surface area contributed by atoms with Crippen molar-refractivity contribution in [2.75, 3.05) is 0 Å². The zero-order valence-corrected chi connectivity index (χ0v) is 12.6. The molecule has 0 unspecified atom stereocenters. The van der Waals surface area contributed by atoms with Gasteiger partial charge < -0.3 is 10.5 Å². The number of nitrogens with two attached hydrogens (primary N) is 1. The highest BCUT2D eigenvalue weighted by Gasteiger charge is 2.35. The van der Waals surface area contributed by atoms with Gasteiger partial charge in [0.1, 0.15) is 17.4 Å². The lowest BCUT2D eigenvalue weighted by molar-refractivity contribution is 0.350. The van der Waals surface area contributed by atoms with Crippen molar-refractivity contribution in [2.24, 2.45) is 5.73 Å². The Kier molecular flexibility index (Phi) is 3.17. The molecule has 3 heteroatoms. The van der Waals surface area contributed by atoms with Gasteiger partial charge in [0.2, 0.25) is 5.88 Å². The van der Waals surface area contributed by atoms with Gasteiger partial charge in [-0.25, -0.2) is 0 Å². The van der Waals surface area contributed by atoms with Gasteiger partial charge >= 0.3 is 0 Å². The fourth-order valence-corrected chi connectivity index (χ4v) is 3.53. The van der Waals surface area contributed by atoms with Crippen LogP contribution in [-0.4, -0.2) is 0 Å². The summed E-state index contributed by atoms with van der Waals surface area (Å²) < 4.78 is 5.89. The first-order chi connectivity index (χ1) is 11.3. The second-order valence-corrected chi connectivity index (χ2v) is 5.85. The summed E-state index contributed by atoms with van der Waals surface area (Å²) in [4.78, 5) is 0. The third-order valence-corrected chi connectivity index (χ3v) is 4.59. The number of aryl methyl sites for hydroxylation is 1. The average Bonchev–Trinajstić information content (AvgIpc) is 2.61. The molecule has 0 bridgehead atoms. The van der Waals surface area contributed by atoms with Crippen LogP contribution in [0.3, 0.4) is 0 Å². The van der Waals surface area contributed by atoms with Crippen LogP contribution in [0.15, 0.2) is 71.6 Å². The van der Waals surface area contributed by atoms with Crippen LogP contribution in [0.1, 0.15) is 29.0 Å². The summed E-state index contributed by atoms with van der Waals surface area (Å²) >= 11 is 0. The van der Waals surface area contributed by atoms with Gasteiger partial charge in [0.15, 0.2) is 0 Å². The molecule has 0 saturated carbocycles. The molecule has 112 valence electrons. The average molecular weight is 300 g/mol. The van der Waals surface area contributed by atoms with Crippen molar-refractivity contribution < 1.29 is 4.74 Å². The van der Waals surface area contributed by atoms with E-state index in [2.05, 4.69) is 18.2 Å². The molecule has 0 aromatic heterocycles. The van der Waals surface area contributed by atoms with Crippen LogP contribution in [0.25, 0.3) is 5.76 Å². The Bertz CT molecular complexity index is 872. The lowest BCUT2D eigenvalue weighted by Gasteiger charge is -2.33. The van der Waals surface area contributed by atoms with Gasteiger partial charge in [-0.05, 0) is 29.5 Å². The molecular weight excluding hydrogens is 284 g/mol. The van der Waals surface area contributed by atoms with Gasteiger partial charge in [-0.3, -0.25) is 0 Å². The van der Waals surface area contributed by atoms with Crippen LogP contribution in [0.4, 0.5) is 0 Å². The van der Waals surface area contributed by atoms with Crippen LogP contribution in [-0.2, 0) is 11.2 Å². The first-order valence-corrected chi connectivity index (χ1v) is 7.73. The number of hydrogen-bond donors (Lipinski definition) is 1. The molecule has 1 aliphatic heterocycles. The molecular formula is C20H16N2O. The van der Waals surface area contributed by atoms with E-state index in [1.807, 2.05) is 42.5 Å². The lowest BCUT2D eigenvalue weighted by atomic mass is 9.77. The van der Waals surface area contributed by atoms with Gasteiger partial charge in [0.25, 0.3) is 0 Å².